The summed E-state index contributed by atoms with van der Waals surface area (Å²) in [7, 11) is 0. The number of aryl methyl sites for hydroxylation is 2. The molecule has 2 rings (SSSR count). The number of nitrogens with one attached hydrogen (secondary N) is 1. The van der Waals surface area contributed by atoms with Crippen LogP contribution in [0.5, 0.6) is 0 Å². The highest BCUT2D eigenvalue weighted by Gasteiger charge is 2.20. The lowest BCUT2D eigenvalue weighted by Crippen LogP contribution is -2.23. The fraction of sp³-hybridized carbons (Fsp3) is 0.400. The molecule has 0 saturated carbocycles. The summed E-state index contributed by atoms with van der Waals surface area (Å²) < 4.78 is 0. The first-order valence-corrected chi connectivity index (χ1v) is 8.49. The lowest BCUT2D eigenvalue weighted by Gasteiger charge is -2.21. The maximum atomic E-state index is 11.0. The van der Waals surface area contributed by atoms with E-state index in [1.54, 1.807) is 0 Å². The van der Waals surface area contributed by atoms with Crippen LogP contribution in [0.15, 0.2) is 24.3 Å². The van der Waals surface area contributed by atoms with Crippen LogP contribution in [0.25, 0.3) is 11.1 Å². The van der Waals surface area contributed by atoms with Gasteiger partial charge in [-0.1, -0.05) is 43.7 Å². The number of amides is 1. The van der Waals surface area contributed by atoms with Gasteiger partial charge in [0.05, 0.1) is 6.61 Å². The molecule has 1 amide bonds. The Kier molecular flexibility index (Phi) is 6.15. The van der Waals surface area contributed by atoms with Crippen LogP contribution < -0.4 is 5.32 Å². The van der Waals surface area contributed by atoms with Gasteiger partial charge < -0.3 is 15.5 Å². The summed E-state index contributed by atoms with van der Waals surface area (Å²) in [6.45, 7) is 8.16. The molecule has 1 aromatic heterocycles. The van der Waals surface area contributed by atoms with Gasteiger partial charge in [0.2, 0.25) is 0 Å². The molecule has 0 fully saturated rings. The normalized spacial score (nSPS) is 11.0. The zero-order valence-corrected chi connectivity index (χ0v) is 15.3. The van der Waals surface area contributed by atoms with E-state index in [-0.39, 0.29) is 13.2 Å². The lowest BCUT2D eigenvalue weighted by molar-refractivity contribution is 0.194. The fourth-order valence-corrected chi connectivity index (χ4v) is 3.02. The van der Waals surface area contributed by atoms with Crippen LogP contribution in [0.1, 0.15) is 41.9 Å². The first-order valence-electron chi connectivity index (χ1n) is 8.49. The van der Waals surface area contributed by atoms with Gasteiger partial charge in [-0.3, -0.25) is 4.98 Å². The van der Waals surface area contributed by atoms with E-state index in [4.69, 9.17) is 5.11 Å². The average molecular weight is 342 g/mol. The van der Waals surface area contributed by atoms with Gasteiger partial charge in [-0.15, -0.1) is 0 Å². The van der Waals surface area contributed by atoms with E-state index in [1.807, 2.05) is 38.1 Å². The van der Waals surface area contributed by atoms with Crippen molar-refractivity contribution in [3.8, 4) is 11.1 Å². The van der Waals surface area contributed by atoms with Crippen molar-refractivity contribution in [1.29, 1.82) is 0 Å². The molecule has 25 heavy (non-hydrogen) atoms. The first-order chi connectivity index (χ1) is 11.8. The van der Waals surface area contributed by atoms with Gasteiger partial charge in [-0.05, 0) is 37.3 Å². The number of aromatic nitrogens is 1. The second-order valence-corrected chi connectivity index (χ2v) is 6.76. The molecule has 0 aliphatic rings. The smallest absolute Gasteiger partial charge is 0.404 e. The van der Waals surface area contributed by atoms with Gasteiger partial charge in [0.15, 0.2) is 0 Å². The number of aliphatic hydroxyl groups excluding tert-OH is 1. The van der Waals surface area contributed by atoms with Crippen molar-refractivity contribution in [2.24, 2.45) is 5.92 Å². The molecule has 5 nitrogen and oxygen atoms in total. The van der Waals surface area contributed by atoms with E-state index in [1.165, 1.54) is 0 Å². The fourth-order valence-electron chi connectivity index (χ4n) is 3.02. The second-order valence-electron chi connectivity index (χ2n) is 6.76. The monoisotopic (exact) mass is 342 g/mol. The van der Waals surface area contributed by atoms with Gasteiger partial charge in [0.25, 0.3) is 0 Å². The Morgan fingerprint density at radius 1 is 1.16 bits per heavy atom. The molecule has 0 aliphatic carbocycles. The third-order valence-electron chi connectivity index (χ3n) is 4.21. The maximum absolute atomic E-state index is 11.0. The van der Waals surface area contributed by atoms with Crippen molar-refractivity contribution in [2.75, 3.05) is 0 Å². The first kappa shape index (κ1) is 18.9. The molecule has 0 unspecified atom stereocenters. The minimum Gasteiger partial charge on any atom is -0.465 e. The topological polar surface area (TPSA) is 82.5 Å². The number of hydrogen-bond donors (Lipinski definition) is 3. The van der Waals surface area contributed by atoms with Gasteiger partial charge >= 0.3 is 6.09 Å². The van der Waals surface area contributed by atoms with Crippen molar-refractivity contribution in [3.63, 3.8) is 0 Å². The minimum absolute atomic E-state index is 0.135. The molecule has 1 aromatic carbocycles. The highest BCUT2D eigenvalue weighted by Crippen LogP contribution is 2.32. The molecule has 1 heterocycles. The lowest BCUT2D eigenvalue weighted by atomic mass is 9.90. The molecule has 0 radical (unpaired) electrons. The van der Waals surface area contributed by atoms with E-state index < -0.39 is 6.09 Å². The summed E-state index contributed by atoms with van der Waals surface area (Å²) in [5.41, 5.74) is 6.26. The van der Waals surface area contributed by atoms with Crippen molar-refractivity contribution in [2.45, 2.75) is 47.3 Å². The van der Waals surface area contributed by atoms with Crippen LogP contribution in [0.3, 0.4) is 0 Å². The van der Waals surface area contributed by atoms with Crippen LogP contribution in [0, 0.1) is 19.8 Å². The largest absolute Gasteiger partial charge is 0.465 e. The molecule has 0 bridgehead atoms. The zero-order chi connectivity index (χ0) is 18.6. The van der Waals surface area contributed by atoms with E-state index in [9.17, 15) is 9.90 Å². The molecule has 5 heteroatoms. The molecule has 3 N–H and O–H groups in total. The number of nitrogens with zero attached hydrogens (tertiary/aromatic N) is 1. The quantitative estimate of drug-likeness (QED) is 0.745. The van der Waals surface area contributed by atoms with Crippen LogP contribution in [0.4, 0.5) is 4.79 Å². The summed E-state index contributed by atoms with van der Waals surface area (Å²) >= 11 is 0. The van der Waals surface area contributed by atoms with Gasteiger partial charge in [0.1, 0.15) is 0 Å². The zero-order valence-electron chi connectivity index (χ0n) is 15.3. The van der Waals surface area contributed by atoms with E-state index in [2.05, 4.69) is 24.1 Å². The standard InChI is InChI=1S/C20H26N2O3/c1-12(2)9-18-16(10-21-20(24)25)19(17(11-23)14(4)22-18)15-7-5-13(3)6-8-15/h5-8,12,21,23H,9-11H2,1-4H3,(H,24,25). The predicted molar refractivity (Wildman–Crippen MR) is 98.5 cm³/mol. The molecular weight excluding hydrogens is 316 g/mol. The van der Waals surface area contributed by atoms with E-state index >= 15 is 0 Å². The minimum atomic E-state index is -1.07. The van der Waals surface area contributed by atoms with Crippen LogP contribution in [-0.2, 0) is 19.6 Å². The predicted octanol–water partition coefficient (Wildman–Crippen LogP) is 3.82. The molecule has 2 aromatic rings. The maximum Gasteiger partial charge on any atom is 0.404 e. The molecule has 0 spiro atoms. The average Bonchev–Trinajstić information content (AvgIpc) is 2.53. The number of hydrogen-bond acceptors (Lipinski definition) is 3. The third-order valence-corrected chi connectivity index (χ3v) is 4.21. The van der Waals surface area contributed by atoms with Gasteiger partial charge in [-0.2, -0.15) is 0 Å². The highest BCUT2D eigenvalue weighted by molar-refractivity contribution is 5.74. The van der Waals surface area contributed by atoms with Crippen LogP contribution in [0.2, 0.25) is 0 Å². The van der Waals surface area contributed by atoms with Gasteiger partial charge in [0, 0.05) is 29.1 Å². The Morgan fingerprint density at radius 2 is 1.80 bits per heavy atom. The number of pyridine rings is 1. The summed E-state index contributed by atoms with van der Waals surface area (Å²) in [4.78, 5) is 15.7. The Labute approximate surface area is 148 Å². The molecular formula is C20H26N2O3. The molecule has 134 valence electrons. The van der Waals surface area contributed by atoms with E-state index in [0.717, 1.165) is 45.6 Å². The number of carbonyl (C=O) groups is 1. The number of rotatable bonds is 6. The number of carboxylic acid groups (broad SMARTS) is 1. The summed E-state index contributed by atoms with van der Waals surface area (Å²) in [5.74, 6) is 0.390. The van der Waals surface area contributed by atoms with Crippen molar-refractivity contribution < 1.29 is 15.0 Å². The molecule has 0 aliphatic heterocycles. The Hall–Kier alpha value is -2.40. The Bertz CT molecular complexity index is 753. The number of aliphatic hydroxyl groups is 1. The highest BCUT2D eigenvalue weighted by atomic mass is 16.4. The SMILES string of the molecule is Cc1ccc(-c2c(CO)c(C)nc(CC(C)C)c2CNC(=O)O)cc1. The summed E-state index contributed by atoms with van der Waals surface area (Å²) in [6.07, 6.45) is -0.321. The number of benzene rings is 1. The summed E-state index contributed by atoms with van der Waals surface area (Å²) in [6, 6.07) is 8.05. The van der Waals surface area contributed by atoms with Gasteiger partial charge in [-0.25, -0.2) is 4.79 Å². The van der Waals surface area contributed by atoms with E-state index in [0.29, 0.717) is 5.92 Å². The third kappa shape index (κ3) is 4.57. The molecule has 0 saturated heterocycles. The van der Waals surface area contributed by atoms with Crippen molar-refractivity contribution in [1.82, 2.24) is 10.3 Å². The van der Waals surface area contributed by atoms with Crippen molar-refractivity contribution in [3.05, 3.63) is 52.3 Å². The second kappa shape index (κ2) is 8.12. The van der Waals surface area contributed by atoms with Crippen molar-refractivity contribution >= 4 is 6.09 Å². The Morgan fingerprint density at radius 3 is 2.32 bits per heavy atom. The summed E-state index contributed by atoms with van der Waals surface area (Å²) in [5, 5.41) is 21.4. The Balaban J connectivity index is 2.71. The van der Waals surface area contributed by atoms with Crippen LogP contribution in [-0.4, -0.2) is 21.3 Å². The van der Waals surface area contributed by atoms with Crippen LogP contribution >= 0.6 is 0 Å². The molecule has 0 atom stereocenters.